The maximum Gasteiger partial charge on any atom is 0.0705 e. The molecule has 0 aliphatic rings. The van der Waals surface area contributed by atoms with Crippen LogP contribution in [-0.4, -0.2) is 9.97 Å². The van der Waals surface area contributed by atoms with Crippen molar-refractivity contribution in [3.05, 3.63) is 72.2 Å². The van der Waals surface area contributed by atoms with Crippen LogP contribution in [0.3, 0.4) is 0 Å². The molecule has 0 atom stereocenters. The number of hydrogen-bond acceptors (Lipinski definition) is 3. The lowest BCUT2D eigenvalue weighted by molar-refractivity contribution is 1.27. The average molecular weight is 266 g/mol. The number of fused-ring (bicyclic) bond motifs is 1. The molecule has 0 radical (unpaired) electrons. The normalized spacial score (nSPS) is 10.7. The maximum absolute atomic E-state index is 4.39. The van der Waals surface area contributed by atoms with Crippen molar-refractivity contribution >= 4 is 22.7 Å². The number of pyridine rings is 2. The molecule has 0 amide bonds. The van der Waals surface area contributed by atoms with Crippen LogP contribution in [0.25, 0.3) is 10.9 Å². The van der Waals surface area contributed by atoms with Gasteiger partial charge in [-0.05, 0) is 35.4 Å². The van der Waals surface area contributed by atoms with Gasteiger partial charge in [0.15, 0.2) is 0 Å². The van der Waals surface area contributed by atoms with Crippen LogP contribution < -0.4 is 0 Å². The fraction of sp³-hybridized carbons (Fsp3) is 0.125. The van der Waals surface area contributed by atoms with E-state index in [9.17, 15) is 0 Å². The Kier molecular flexibility index (Phi) is 3.75. The molecule has 2 aromatic heterocycles. The monoisotopic (exact) mass is 266 g/mol. The minimum Gasteiger partial charge on any atom is -0.265 e. The van der Waals surface area contributed by atoms with Gasteiger partial charge < -0.3 is 0 Å². The molecule has 2 nitrogen and oxygen atoms in total. The molecule has 2 heterocycles. The zero-order valence-electron chi connectivity index (χ0n) is 10.5. The molecule has 0 saturated carbocycles. The van der Waals surface area contributed by atoms with Crippen molar-refractivity contribution in [2.45, 2.75) is 11.5 Å². The molecular weight excluding hydrogens is 252 g/mol. The van der Waals surface area contributed by atoms with Crippen LogP contribution in [0.4, 0.5) is 0 Å². The van der Waals surface area contributed by atoms with E-state index in [4.69, 9.17) is 0 Å². The van der Waals surface area contributed by atoms with E-state index in [1.54, 1.807) is 0 Å². The molecular formula is C16H14N2S. The summed E-state index contributed by atoms with van der Waals surface area (Å²) in [7, 11) is 0. The Balaban J connectivity index is 1.72. The molecule has 0 aliphatic carbocycles. The van der Waals surface area contributed by atoms with Gasteiger partial charge in [-0.25, -0.2) is 0 Å². The fourth-order valence-electron chi connectivity index (χ4n) is 2.05. The van der Waals surface area contributed by atoms with Gasteiger partial charge in [0, 0.05) is 35.5 Å². The number of rotatable bonds is 4. The summed E-state index contributed by atoms with van der Waals surface area (Å²) in [6.07, 6.45) is 5.53. The number of nitrogens with zero attached hydrogens (tertiary/aromatic N) is 2. The topological polar surface area (TPSA) is 25.8 Å². The predicted molar refractivity (Wildman–Crippen MR) is 81.0 cm³/mol. The van der Waals surface area contributed by atoms with E-state index in [1.807, 2.05) is 36.4 Å². The molecule has 0 fully saturated rings. The Morgan fingerprint density at radius 1 is 0.842 bits per heavy atom. The average Bonchev–Trinajstić information content (AvgIpc) is 2.49. The minimum absolute atomic E-state index is 1.01. The van der Waals surface area contributed by atoms with Crippen LogP contribution >= 0.6 is 11.8 Å². The summed E-state index contributed by atoms with van der Waals surface area (Å²) in [5, 5.41) is 1.26. The number of hydrogen-bond donors (Lipinski definition) is 0. The second kappa shape index (κ2) is 5.85. The third-order valence-electron chi connectivity index (χ3n) is 3.01. The van der Waals surface area contributed by atoms with Gasteiger partial charge in [0.1, 0.15) is 0 Å². The van der Waals surface area contributed by atoms with E-state index in [1.165, 1.54) is 16.5 Å². The summed E-state index contributed by atoms with van der Waals surface area (Å²) in [4.78, 5) is 8.43. The third kappa shape index (κ3) is 2.93. The number of thioether (sulfide) groups is 1. The Hall–Kier alpha value is -1.87. The third-order valence-corrected chi connectivity index (χ3v) is 4.06. The predicted octanol–water partition coefficient (Wildman–Crippen LogP) is 4.06. The van der Waals surface area contributed by atoms with Gasteiger partial charge in [-0.3, -0.25) is 9.97 Å². The molecule has 0 saturated heterocycles. The first kappa shape index (κ1) is 12.2. The first-order valence-electron chi connectivity index (χ1n) is 6.23. The lowest BCUT2D eigenvalue weighted by atomic mass is 10.1. The summed E-state index contributed by atoms with van der Waals surface area (Å²) >= 11 is 1.92. The quantitative estimate of drug-likeness (QED) is 0.712. The Labute approximate surface area is 116 Å². The van der Waals surface area contributed by atoms with Gasteiger partial charge in [0.2, 0.25) is 0 Å². The van der Waals surface area contributed by atoms with E-state index < -0.39 is 0 Å². The van der Waals surface area contributed by atoms with Crippen molar-refractivity contribution in [1.82, 2.24) is 9.97 Å². The molecule has 19 heavy (non-hydrogen) atoms. The SMILES string of the molecule is c1cc(CSCc2ccncc2)c2cccnc2c1. The van der Waals surface area contributed by atoms with Gasteiger partial charge >= 0.3 is 0 Å². The number of benzene rings is 1. The number of aromatic nitrogens is 2. The second-order valence-corrected chi connectivity index (χ2v) is 5.32. The maximum atomic E-state index is 4.39. The first-order chi connectivity index (χ1) is 9.43. The van der Waals surface area contributed by atoms with Gasteiger partial charge in [-0.15, -0.1) is 0 Å². The summed E-state index contributed by atoms with van der Waals surface area (Å²) in [6.45, 7) is 0. The highest BCUT2D eigenvalue weighted by molar-refractivity contribution is 7.97. The molecule has 94 valence electrons. The van der Waals surface area contributed by atoms with Crippen LogP contribution in [0.1, 0.15) is 11.1 Å². The van der Waals surface area contributed by atoms with Gasteiger partial charge in [0.25, 0.3) is 0 Å². The van der Waals surface area contributed by atoms with Crippen molar-refractivity contribution in [3.63, 3.8) is 0 Å². The van der Waals surface area contributed by atoms with Crippen LogP contribution in [0.5, 0.6) is 0 Å². The minimum atomic E-state index is 1.01. The zero-order chi connectivity index (χ0) is 12.9. The molecule has 3 aromatic rings. The van der Waals surface area contributed by atoms with Crippen molar-refractivity contribution in [2.75, 3.05) is 0 Å². The van der Waals surface area contributed by atoms with Crippen LogP contribution in [0, 0.1) is 0 Å². The molecule has 0 N–H and O–H groups in total. The zero-order valence-corrected chi connectivity index (χ0v) is 11.3. The fourth-order valence-corrected chi connectivity index (χ4v) is 3.05. The highest BCUT2D eigenvalue weighted by atomic mass is 32.2. The summed E-state index contributed by atoms with van der Waals surface area (Å²) in [6, 6.07) is 14.6. The summed E-state index contributed by atoms with van der Waals surface area (Å²) < 4.78 is 0. The van der Waals surface area contributed by atoms with Crippen molar-refractivity contribution in [2.24, 2.45) is 0 Å². The largest absolute Gasteiger partial charge is 0.265 e. The van der Waals surface area contributed by atoms with Crippen molar-refractivity contribution in [1.29, 1.82) is 0 Å². The standard InChI is InChI=1S/C16H14N2S/c1-3-14(15-4-2-8-18-16(15)5-1)12-19-11-13-6-9-17-10-7-13/h1-10H,11-12H2. The van der Waals surface area contributed by atoms with Gasteiger partial charge in [-0.1, -0.05) is 18.2 Å². The van der Waals surface area contributed by atoms with Gasteiger partial charge in [0.05, 0.1) is 5.52 Å². The highest BCUT2D eigenvalue weighted by Crippen LogP contribution is 2.23. The van der Waals surface area contributed by atoms with E-state index >= 15 is 0 Å². The Bertz CT molecular complexity index is 662. The van der Waals surface area contributed by atoms with E-state index in [2.05, 4.69) is 46.4 Å². The first-order valence-corrected chi connectivity index (χ1v) is 7.38. The van der Waals surface area contributed by atoms with E-state index in [-0.39, 0.29) is 0 Å². The second-order valence-electron chi connectivity index (χ2n) is 4.34. The Morgan fingerprint density at radius 3 is 2.63 bits per heavy atom. The van der Waals surface area contributed by atoms with Crippen molar-refractivity contribution in [3.8, 4) is 0 Å². The molecule has 0 spiro atoms. The van der Waals surface area contributed by atoms with Crippen LogP contribution in [-0.2, 0) is 11.5 Å². The molecule has 0 bridgehead atoms. The molecule has 3 heteroatoms. The summed E-state index contributed by atoms with van der Waals surface area (Å²) in [5.74, 6) is 2.02. The van der Waals surface area contributed by atoms with Gasteiger partial charge in [-0.2, -0.15) is 11.8 Å². The molecule has 0 aliphatic heterocycles. The van der Waals surface area contributed by atoms with Crippen LogP contribution in [0.15, 0.2) is 61.1 Å². The molecule has 0 unspecified atom stereocenters. The lowest BCUT2D eigenvalue weighted by Gasteiger charge is -2.06. The lowest BCUT2D eigenvalue weighted by Crippen LogP contribution is -1.87. The molecule has 3 rings (SSSR count). The summed E-state index contributed by atoms with van der Waals surface area (Å²) in [5.41, 5.74) is 3.74. The van der Waals surface area contributed by atoms with Crippen molar-refractivity contribution < 1.29 is 0 Å². The Morgan fingerprint density at radius 2 is 1.74 bits per heavy atom. The smallest absolute Gasteiger partial charge is 0.0705 e. The molecule has 1 aromatic carbocycles. The van der Waals surface area contributed by atoms with Crippen LogP contribution in [0.2, 0.25) is 0 Å². The van der Waals surface area contributed by atoms with E-state index in [0.717, 1.165) is 17.0 Å². The van der Waals surface area contributed by atoms with E-state index in [0.29, 0.717) is 0 Å². The highest BCUT2D eigenvalue weighted by Gasteiger charge is 2.01.